The largest absolute Gasteiger partial charge is 0.504 e. The Morgan fingerprint density at radius 2 is 1.89 bits per heavy atom. The van der Waals surface area contributed by atoms with Crippen LogP contribution in [0.1, 0.15) is 24.8 Å². The van der Waals surface area contributed by atoms with Gasteiger partial charge in [-0.1, -0.05) is 6.07 Å². The monoisotopic (exact) mass is 246 g/mol. The number of hydrogen-bond acceptors (Lipinski definition) is 4. The molecule has 1 N–H and O–H groups in total. The number of hydrogen-bond donors (Lipinski definition) is 1. The van der Waals surface area contributed by atoms with Crippen molar-refractivity contribution in [3.05, 3.63) is 29.3 Å². The van der Waals surface area contributed by atoms with E-state index in [9.17, 15) is 14.7 Å². The van der Waals surface area contributed by atoms with Gasteiger partial charge in [-0.25, -0.2) is 0 Å². The van der Waals surface area contributed by atoms with Crippen molar-refractivity contribution < 1.29 is 19.4 Å². The summed E-state index contributed by atoms with van der Waals surface area (Å²) in [6.45, 7) is 0. The smallest absolute Gasteiger partial charge is 0.166 e. The molecule has 0 unspecified atom stereocenters. The molecule has 1 aliphatic carbocycles. The summed E-state index contributed by atoms with van der Waals surface area (Å²) in [7, 11) is 1.45. The number of phenolic OH excluding ortho intramolecular Hbond substituents is 1. The standard InChI is InChI=1S/C14H14O4/c1-18-14-8-9(5-6-13(14)17)7-10-11(15)3-2-4-12(10)16/h5-8,17H,2-4H2,1H3. The zero-order chi connectivity index (χ0) is 13.1. The Bertz CT molecular complexity index is 511. The lowest BCUT2D eigenvalue weighted by Gasteiger charge is -2.11. The van der Waals surface area contributed by atoms with E-state index in [0.29, 0.717) is 30.6 Å². The molecule has 0 radical (unpaired) electrons. The number of aromatic hydroxyl groups is 1. The van der Waals surface area contributed by atoms with Crippen LogP contribution in [-0.2, 0) is 9.59 Å². The summed E-state index contributed by atoms with van der Waals surface area (Å²) >= 11 is 0. The SMILES string of the molecule is COc1cc(C=C2C(=O)CCCC2=O)ccc1O. The van der Waals surface area contributed by atoms with Crippen LogP contribution in [0.15, 0.2) is 23.8 Å². The zero-order valence-corrected chi connectivity index (χ0v) is 10.1. The van der Waals surface area contributed by atoms with E-state index in [1.807, 2.05) is 0 Å². The van der Waals surface area contributed by atoms with Gasteiger partial charge in [0.25, 0.3) is 0 Å². The van der Waals surface area contributed by atoms with Crippen molar-refractivity contribution in [3.63, 3.8) is 0 Å². The van der Waals surface area contributed by atoms with Crippen LogP contribution in [0.5, 0.6) is 11.5 Å². The first-order chi connectivity index (χ1) is 8.61. The molecule has 0 aliphatic heterocycles. The van der Waals surface area contributed by atoms with Gasteiger partial charge in [0, 0.05) is 12.8 Å². The van der Waals surface area contributed by atoms with Crippen LogP contribution in [0.4, 0.5) is 0 Å². The lowest BCUT2D eigenvalue weighted by molar-refractivity contribution is -0.123. The molecule has 0 bridgehead atoms. The van der Waals surface area contributed by atoms with Crippen LogP contribution in [0, 0.1) is 0 Å². The van der Waals surface area contributed by atoms with Crippen LogP contribution in [-0.4, -0.2) is 23.8 Å². The highest BCUT2D eigenvalue weighted by Gasteiger charge is 2.22. The third-order valence-electron chi connectivity index (χ3n) is 2.92. The van der Waals surface area contributed by atoms with E-state index in [0.717, 1.165) is 0 Å². The number of benzene rings is 1. The lowest BCUT2D eigenvalue weighted by Crippen LogP contribution is -2.18. The summed E-state index contributed by atoms with van der Waals surface area (Å²) in [5, 5.41) is 9.47. The number of ketones is 2. The topological polar surface area (TPSA) is 63.6 Å². The van der Waals surface area contributed by atoms with Crippen molar-refractivity contribution in [3.8, 4) is 11.5 Å². The molecule has 0 saturated heterocycles. The van der Waals surface area contributed by atoms with Gasteiger partial charge in [0.1, 0.15) is 0 Å². The second-order valence-corrected chi connectivity index (χ2v) is 4.19. The molecule has 2 rings (SSSR count). The Morgan fingerprint density at radius 3 is 2.50 bits per heavy atom. The summed E-state index contributed by atoms with van der Waals surface area (Å²) in [5.74, 6) is 0.123. The molecule has 0 spiro atoms. The van der Waals surface area contributed by atoms with Gasteiger partial charge in [-0.15, -0.1) is 0 Å². The first kappa shape index (κ1) is 12.4. The van der Waals surface area contributed by atoms with E-state index in [2.05, 4.69) is 0 Å². The molecule has 4 heteroatoms. The van der Waals surface area contributed by atoms with Crippen LogP contribution >= 0.6 is 0 Å². The summed E-state index contributed by atoms with van der Waals surface area (Å²) < 4.78 is 4.98. The van der Waals surface area contributed by atoms with Crippen molar-refractivity contribution in [1.82, 2.24) is 0 Å². The van der Waals surface area contributed by atoms with E-state index >= 15 is 0 Å². The average molecular weight is 246 g/mol. The molecule has 1 aliphatic rings. The summed E-state index contributed by atoms with van der Waals surface area (Å²) in [5.41, 5.74) is 0.914. The van der Waals surface area contributed by atoms with Gasteiger partial charge in [-0.05, 0) is 30.2 Å². The molecule has 1 saturated carbocycles. The minimum absolute atomic E-state index is 0.0287. The number of phenols is 1. The number of methoxy groups -OCH3 is 1. The Labute approximate surface area is 105 Å². The molecule has 0 atom stereocenters. The first-order valence-corrected chi connectivity index (χ1v) is 5.77. The van der Waals surface area contributed by atoms with Crippen molar-refractivity contribution in [2.24, 2.45) is 0 Å². The normalized spacial score (nSPS) is 15.7. The molecule has 94 valence electrons. The number of carbonyl (C=O) groups excluding carboxylic acids is 2. The summed E-state index contributed by atoms with van der Waals surface area (Å²) in [6, 6.07) is 4.71. The number of rotatable bonds is 2. The predicted molar refractivity (Wildman–Crippen MR) is 66.5 cm³/mol. The average Bonchev–Trinajstić information content (AvgIpc) is 2.36. The molecule has 0 heterocycles. The maximum absolute atomic E-state index is 11.7. The highest BCUT2D eigenvalue weighted by Crippen LogP contribution is 2.28. The van der Waals surface area contributed by atoms with Crippen molar-refractivity contribution in [1.29, 1.82) is 0 Å². The van der Waals surface area contributed by atoms with Crippen molar-refractivity contribution in [2.45, 2.75) is 19.3 Å². The van der Waals surface area contributed by atoms with Gasteiger partial charge in [0.15, 0.2) is 23.1 Å². The maximum Gasteiger partial charge on any atom is 0.166 e. The fourth-order valence-corrected chi connectivity index (χ4v) is 1.95. The maximum atomic E-state index is 11.7. The minimum Gasteiger partial charge on any atom is -0.504 e. The number of carbonyl (C=O) groups is 2. The third-order valence-corrected chi connectivity index (χ3v) is 2.92. The Morgan fingerprint density at radius 1 is 1.22 bits per heavy atom. The van der Waals surface area contributed by atoms with Gasteiger partial charge < -0.3 is 9.84 Å². The van der Waals surface area contributed by atoms with Gasteiger partial charge in [0.2, 0.25) is 0 Å². The van der Waals surface area contributed by atoms with E-state index in [-0.39, 0.29) is 22.9 Å². The summed E-state index contributed by atoms with van der Waals surface area (Å²) in [6.07, 6.45) is 3.04. The van der Waals surface area contributed by atoms with Gasteiger partial charge in [0.05, 0.1) is 12.7 Å². The molecule has 1 aromatic rings. The number of allylic oxidation sites excluding steroid dienone is 1. The zero-order valence-electron chi connectivity index (χ0n) is 10.1. The molecule has 0 aromatic heterocycles. The fourth-order valence-electron chi connectivity index (χ4n) is 1.95. The minimum atomic E-state index is -0.113. The Kier molecular flexibility index (Phi) is 3.46. The van der Waals surface area contributed by atoms with E-state index < -0.39 is 0 Å². The van der Waals surface area contributed by atoms with Gasteiger partial charge >= 0.3 is 0 Å². The van der Waals surface area contributed by atoms with E-state index in [4.69, 9.17) is 4.74 Å². The lowest BCUT2D eigenvalue weighted by atomic mass is 9.91. The summed E-state index contributed by atoms with van der Waals surface area (Å²) in [4.78, 5) is 23.3. The van der Waals surface area contributed by atoms with Crippen molar-refractivity contribution >= 4 is 17.6 Å². The quantitative estimate of drug-likeness (QED) is 0.641. The van der Waals surface area contributed by atoms with Crippen LogP contribution in [0.25, 0.3) is 6.08 Å². The van der Waals surface area contributed by atoms with Crippen LogP contribution in [0.3, 0.4) is 0 Å². The first-order valence-electron chi connectivity index (χ1n) is 5.77. The third kappa shape index (κ3) is 2.42. The molecule has 18 heavy (non-hydrogen) atoms. The number of Topliss-reactive ketones (excluding diaryl/α,β-unsaturated/α-hetero) is 2. The highest BCUT2D eigenvalue weighted by molar-refractivity contribution is 6.24. The Hall–Kier alpha value is -2.10. The molecule has 0 amide bonds. The highest BCUT2D eigenvalue weighted by atomic mass is 16.5. The second-order valence-electron chi connectivity index (χ2n) is 4.19. The molecule has 1 aromatic carbocycles. The van der Waals surface area contributed by atoms with Crippen molar-refractivity contribution in [2.75, 3.05) is 7.11 Å². The van der Waals surface area contributed by atoms with Crippen LogP contribution in [0.2, 0.25) is 0 Å². The van der Waals surface area contributed by atoms with E-state index in [1.165, 1.54) is 13.2 Å². The predicted octanol–water partition coefficient (Wildman–Crippen LogP) is 2.11. The van der Waals surface area contributed by atoms with E-state index in [1.54, 1.807) is 18.2 Å². The second kappa shape index (κ2) is 5.04. The molecular weight excluding hydrogens is 232 g/mol. The molecule has 4 nitrogen and oxygen atoms in total. The number of ether oxygens (including phenoxy) is 1. The Balaban J connectivity index is 2.37. The van der Waals surface area contributed by atoms with Gasteiger partial charge in [-0.2, -0.15) is 0 Å². The van der Waals surface area contributed by atoms with Gasteiger partial charge in [-0.3, -0.25) is 9.59 Å². The molecular formula is C14H14O4. The van der Waals surface area contributed by atoms with Crippen LogP contribution < -0.4 is 4.74 Å². The molecule has 1 fully saturated rings. The fraction of sp³-hybridized carbons (Fsp3) is 0.286.